The number of carbonyl (C=O) groups excluding carboxylic acids is 1. The number of rotatable bonds is 2. The normalized spacial score (nSPS) is 11.2. The van der Waals surface area contributed by atoms with E-state index in [9.17, 15) is 4.79 Å². The van der Waals surface area contributed by atoms with Crippen LogP contribution in [0.15, 0.2) is 12.3 Å². The zero-order valence-corrected chi connectivity index (χ0v) is 11.6. The maximum Gasteiger partial charge on any atom is 0.230 e. The highest BCUT2D eigenvalue weighted by molar-refractivity contribution is 6.33. The van der Waals surface area contributed by atoms with Gasteiger partial charge in [0.25, 0.3) is 0 Å². The largest absolute Gasteiger partial charge is 0.376 e. The molecule has 0 unspecified atom stereocenters. The number of hydrogen-bond donors (Lipinski definition) is 1. The molecule has 17 heavy (non-hydrogen) atoms. The minimum absolute atomic E-state index is 0.0722. The van der Waals surface area contributed by atoms with Gasteiger partial charge in [-0.1, -0.05) is 32.4 Å². The quantitative estimate of drug-likeness (QED) is 0.884. The van der Waals surface area contributed by atoms with E-state index < -0.39 is 5.41 Å². The zero-order valence-electron chi connectivity index (χ0n) is 10.8. The summed E-state index contributed by atoms with van der Waals surface area (Å²) in [5.74, 6) is 0.440. The van der Waals surface area contributed by atoms with Crippen molar-refractivity contribution in [2.75, 3.05) is 24.3 Å². The number of amides is 1. The highest BCUT2D eigenvalue weighted by atomic mass is 35.5. The number of pyridine rings is 1. The molecule has 0 atom stereocenters. The molecule has 0 aliphatic heterocycles. The second-order valence-corrected chi connectivity index (χ2v) is 5.53. The minimum Gasteiger partial charge on any atom is -0.376 e. The van der Waals surface area contributed by atoms with Gasteiger partial charge in [0.05, 0.1) is 16.9 Å². The molecular weight excluding hydrogens is 238 g/mol. The van der Waals surface area contributed by atoms with Crippen molar-refractivity contribution < 1.29 is 4.79 Å². The summed E-state index contributed by atoms with van der Waals surface area (Å²) in [6, 6.07) is 1.76. The molecule has 0 spiro atoms. The van der Waals surface area contributed by atoms with Crippen LogP contribution in [0.5, 0.6) is 0 Å². The molecule has 0 aliphatic carbocycles. The molecule has 0 saturated heterocycles. The maximum atomic E-state index is 11.8. The van der Waals surface area contributed by atoms with Crippen molar-refractivity contribution >= 4 is 29.0 Å². The predicted octanol–water partition coefficient (Wildman–Crippen LogP) is 2.79. The third kappa shape index (κ3) is 3.60. The molecule has 1 amide bonds. The lowest BCUT2D eigenvalue weighted by atomic mass is 9.96. The summed E-state index contributed by atoms with van der Waals surface area (Å²) in [5.41, 5.74) is 0.380. The van der Waals surface area contributed by atoms with Crippen LogP contribution in [-0.4, -0.2) is 25.0 Å². The van der Waals surface area contributed by atoms with E-state index in [1.54, 1.807) is 6.07 Å². The lowest BCUT2D eigenvalue weighted by Gasteiger charge is -2.19. The van der Waals surface area contributed by atoms with Crippen molar-refractivity contribution in [3.05, 3.63) is 17.3 Å². The Labute approximate surface area is 107 Å². The monoisotopic (exact) mass is 255 g/mol. The van der Waals surface area contributed by atoms with Crippen LogP contribution in [0.2, 0.25) is 5.02 Å². The Hall–Kier alpha value is -1.29. The van der Waals surface area contributed by atoms with Gasteiger partial charge in [-0.3, -0.25) is 4.79 Å². The SMILES string of the molecule is CN(C)c1cc(NC(=O)C(C)(C)C)ncc1Cl. The average Bonchev–Trinajstić information content (AvgIpc) is 2.19. The standard InChI is InChI=1S/C12H18ClN3O/c1-12(2,3)11(17)15-10-6-9(16(4)5)8(13)7-14-10/h6-7H,1-5H3,(H,14,15,17). The lowest BCUT2D eigenvalue weighted by Crippen LogP contribution is -2.28. The second kappa shape index (κ2) is 4.92. The summed E-state index contributed by atoms with van der Waals surface area (Å²) in [6.07, 6.45) is 1.54. The first kappa shape index (κ1) is 13.8. The van der Waals surface area contributed by atoms with E-state index in [1.807, 2.05) is 39.8 Å². The number of hydrogen-bond acceptors (Lipinski definition) is 3. The van der Waals surface area contributed by atoms with Crippen molar-refractivity contribution in [1.82, 2.24) is 4.98 Å². The Bertz CT molecular complexity index is 424. The fourth-order valence-electron chi connectivity index (χ4n) is 1.14. The minimum atomic E-state index is -0.445. The van der Waals surface area contributed by atoms with Crippen LogP contribution in [0.3, 0.4) is 0 Å². The van der Waals surface area contributed by atoms with Crippen molar-refractivity contribution in [1.29, 1.82) is 0 Å². The van der Waals surface area contributed by atoms with Gasteiger partial charge in [0, 0.05) is 25.6 Å². The Morgan fingerprint density at radius 1 is 1.41 bits per heavy atom. The molecule has 0 radical (unpaired) electrons. The molecule has 0 bridgehead atoms. The fourth-order valence-corrected chi connectivity index (χ4v) is 1.42. The fraction of sp³-hybridized carbons (Fsp3) is 0.500. The van der Waals surface area contributed by atoms with Gasteiger partial charge in [-0.15, -0.1) is 0 Å². The lowest BCUT2D eigenvalue weighted by molar-refractivity contribution is -0.123. The molecule has 1 aromatic heterocycles. The summed E-state index contributed by atoms with van der Waals surface area (Å²) in [6.45, 7) is 5.56. The molecule has 0 aliphatic rings. The molecule has 0 fully saturated rings. The Morgan fingerprint density at radius 3 is 2.47 bits per heavy atom. The highest BCUT2D eigenvalue weighted by Gasteiger charge is 2.21. The van der Waals surface area contributed by atoms with Gasteiger partial charge >= 0.3 is 0 Å². The summed E-state index contributed by atoms with van der Waals surface area (Å²) in [5, 5.41) is 3.33. The van der Waals surface area contributed by atoms with Crippen molar-refractivity contribution in [3.63, 3.8) is 0 Å². The number of nitrogens with one attached hydrogen (secondary N) is 1. The molecule has 1 rings (SSSR count). The molecule has 5 heteroatoms. The first-order chi connectivity index (χ1) is 7.71. The van der Waals surface area contributed by atoms with Crippen LogP contribution in [0, 0.1) is 5.41 Å². The van der Waals surface area contributed by atoms with Crippen LogP contribution in [0.1, 0.15) is 20.8 Å². The van der Waals surface area contributed by atoms with Crippen LogP contribution in [-0.2, 0) is 4.79 Å². The third-order valence-corrected chi connectivity index (χ3v) is 2.53. The van der Waals surface area contributed by atoms with Crippen molar-refractivity contribution in [2.24, 2.45) is 5.41 Å². The van der Waals surface area contributed by atoms with Gasteiger partial charge in [0.15, 0.2) is 0 Å². The topological polar surface area (TPSA) is 45.2 Å². The van der Waals surface area contributed by atoms with Crippen LogP contribution in [0.4, 0.5) is 11.5 Å². The van der Waals surface area contributed by atoms with Gasteiger partial charge in [0.1, 0.15) is 5.82 Å². The van der Waals surface area contributed by atoms with Gasteiger partial charge in [-0.05, 0) is 0 Å². The molecule has 4 nitrogen and oxygen atoms in total. The summed E-state index contributed by atoms with van der Waals surface area (Å²) >= 11 is 6.00. The van der Waals surface area contributed by atoms with E-state index >= 15 is 0 Å². The zero-order chi connectivity index (χ0) is 13.2. The van der Waals surface area contributed by atoms with Crippen LogP contribution >= 0.6 is 11.6 Å². The van der Waals surface area contributed by atoms with E-state index in [4.69, 9.17) is 11.6 Å². The van der Waals surface area contributed by atoms with E-state index in [0.29, 0.717) is 10.8 Å². The highest BCUT2D eigenvalue weighted by Crippen LogP contribution is 2.26. The molecule has 0 saturated carbocycles. The summed E-state index contributed by atoms with van der Waals surface area (Å²) in [4.78, 5) is 17.8. The number of aromatic nitrogens is 1. The first-order valence-corrected chi connectivity index (χ1v) is 5.74. The molecule has 1 aromatic rings. The van der Waals surface area contributed by atoms with Crippen molar-refractivity contribution in [3.8, 4) is 0 Å². The molecule has 94 valence electrons. The van der Waals surface area contributed by atoms with E-state index in [1.165, 1.54) is 6.20 Å². The number of carbonyl (C=O) groups is 1. The smallest absolute Gasteiger partial charge is 0.230 e. The molecule has 0 aromatic carbocycles. The van der Waals surface area contributed by atoms with Crippen LogP contribution in [0.25, 0.3) is 0 Å². The second-order valence-electron chi connectivity index (χ2n) is 5.12. The van der Waals surface area contributed by atoms with Gasteiger partial charge in [0.2, 0.25) is 5.91 Å². The number of anilines is 2. The van der Waals surface area contributed by atoms with Gasteiger partial charge in [-0.25, -0.2) is 4.98 Å². The Balaban J connectivity index is 2.94. The summed E-state index contributed by atoms with van der Waals surface area (Å²) < 4.78 is 0. The average molecular weight is 256 g/mol. The van der Waals surface area contributed by atoms with Gasteiger partial charge in [-0.2, -0.15) is 0 Å². The van der Waals surface area contributed by atoms with E-state index in [2.05, 4.69) is 10.3 Å². The first-order valence-electron chi connectivity index (χ1n) is 5.36. The van der Waals surface area contributed by atoms with Crippen LogP contribution < -0.4 is 10.2 Å². The molecule has 1 N–H and O–H groups in total. The molecular formula is C12H18ClN3O. The third-order valence-electron chi connectivity index (χ3n) is 2.24. The molecule has 1 heterocycles. The predicted molar refractivity (Wildman–Crippen MR) is 71.7 cm³/mol. The van der Waals surface area contributed by atoms with Gasteiger partial charge < -0.3 is 10.2 Å². The number of halogens is 1. The Morgan fingerprint density at radius 2 is 2.00 bits per heavy atom. The van der Waals surface area contributed by atoms with E-state index in [-0.39, 0.29) is 5.91 Å². The summed E-state index contributed by atoms with van der Waals surface area (Å²) in [7, 11) is 3.77. The number of nitrogens with zero attached hydrogens (tertiary/aromatic N) is 2. The van der Waals surface area contributed by atoms with Crippen molar-refractivity contribution in [2.45, 2.75) is 20.8 Å². The van der Waals surface area contributed by atoms with E-state index in [0.717, 1.165) is 5.69 Å². The maximum absolute atomic E-state index is 11.8. The Kier molecular flexibility index (Phi) is 3.98.